The second-order valence-electron chi connectivity index (χ2n) is 19.0. The molecule has 0 unspecified atom stereocenters. The second kappa shape index (κ2) is 17.0. The van der Waals surface area contributed by atoms with Crippen molar-refractivity contribution in [3.8, 4) is 44.5 Å². The molecule has 0 bridgehead atoms. The molecule has 0 radical (unpaired) electrons. The maximum atomic E-state index is 5.63. The average molecular weight is 962 g/mol. The number of thiophene rings is 1. The Morgan fingerprint density at radius 3 is 1.65 bits per heavy atom. The average Bonchev–Trinajstić information content (AvgIpc) is 4.15. The van der Waals surface area contributed by atoms with Gasteiger partial charge in [-0.25, -0.2) is 9.97 Å². The zero-order valence-corrected chi connectivity index (χ0v) is 40.8. The molecule has 11 aromatic carbocycles. The van der Waals surface area contributed by atoms with Crippen LogP contribution in [0.25, 0.3) is 120 Å². The lowest BCUT2D eigenvalue weighted by Crippen LogP contribution is -2.09. The van der Waals surface area contributed by atoms with Crippen LogP contribution in [0.2, 0.25) is 0 Å². The lowest BCUT2D eigenvalue weighted by atomic mass is 9.99. The summed E-state index contributed by atoms with van der Waals surface area (Å²) in [6, 6.07) is 94.0. The van der Waals surface area contributed by atoms with Gasteiger partial charge in [0.2, 0.25) is 5.95 Å². The molecule has 346 valence electrons. The molecule has 6 heteroatoms. The Kier molecular flexibility index (Phi) is 9.68. The molecule has 4 heterocycles. The van der Waals surface area contributed by atoms with Gasteiger partial charge in [-0.3, -0.25) is 4.57 Å². The smallest absolute Gasteiger partial charge is 0.235 e. The van der Waals surface area contributed by atoms with Gasteiger partial charge in [-0.15, -0.1) is 11.3 Å². The number of aromatic nitrogens is 4. The Balaban J connectivity index is 0.932. The van der Waals surface area contributed by atoms with E-state index in [-0.39, 0.29) is 0 Å². The van der Waals surface area contributed by atoms with Gasteiger partial charge in [-0.05, 0) is 129 Å². The number of fused-ring (bicyclic) bond motifs is 10. The number of hydrogen-bond acceptors (Lipinski definition) is 4. The first-order chi connectivity index (χ1) is 36.7. The summed E-state index contributed by atoms with van der Waals surface area (Å²) >= 11 is 1.75. The summed E-state index contributed by atoms with van der Waals surface area (Å²) in [6.45, 7) is 0. The van der Waals surface area contributed by atoms with Crippen LogP contribution in [0.3, 0.4) is 0 Å². The number of para-hydroxylation sites is 3. The normalized spacial score (nSPS) is 11.8. The second-order valence-corrected chi connectivity index (χ2v) is 20.0. The topological polar surface area (TPSA) is 38.9 Å². The van der Waals surface area contributed by atoms with E-state index >= 15 is 0 Å². The van der Waals surface area contributed by atoms with Crippen molar-refractivity contribution in [2.75, 3.05) is 4.90 Å². The number of nitrogens with zero attached hydrogens (tertiary/aromatic N) is 5. The molecule has 0 saturated heterocycles. The molecule has 0 atom stereocenters. The fourth-order valence-electron chi connectivity index (χ4n) is 11.3. The van der Waals surface area contributed by atoms with E-state index in [1.807, 2.05) is 0 Å². The first kappa shape index (κ1) is 42.1. The minimum atomic E-state index is 0.633. The van der Waals surface area contributed by atoms with Crippen LogP contribution < -0.4 is 4.90 Å². The Labute approximate surface area is 430 Å². The van der Waals surface area contributed by atoms with Gasteiger partial charge in [-0.2, -0.15) is 0 Å². The molecule has 74 heavy (non-hydrogen) atoms. The molecule has 5 nitrogen and oxygen atoms in total. The van der Waals surface area contributed by atoms with Crippen LogP contribution in [0.4, 0.5) is 17.1 Å². The third kappa shape index (κ3) is 6.84. The maximum absolute atomic E-state index is 5.63. The lowest BCUT2D eigenvalue weighted by molar-refractivity contribution is 1.02. The van der Waals surface area contributed by atoms with Crippen LogP contribution >= 0.6 is 11.3 Å². The van der Waals surface area contributed by atoms with Crippen LogP contribution in [0, 0.1) is 0 Å². The van der Waals surface area contributed by atoms with Crippen LogP contribution in [-0.4, -0.2) is 19.1 Å². The van der Waals surface area contributed by atoms with E-state index in [9.17, 15) is 0 Å². The highest BCUT2D eigenvalue weighted by Gasteiger charge is 2.22. The van der Waals surface area contributed by atoms with Gasteiger partial charge in [0.05, 0.1) is 38.0 Å². The summed E-state index contributed by atoms with van der Waals surface area (Å²) in [6.07, 6.45) is 0. The molecule has 15 aromatic rings. The largest absolute Gasteiger partial charge is 0.311 e. The SMILES string of the molecule is c1ccc(-c2cc3nc(-n4c5ccc(-c6ccc7c8c9ccccc9ccc8n(-c8ccccc8)c7c6)cc5c5cc6ccccc6cc54)nc(-c4ccc(N(c5ccccc5)c5ccccc5)cc4)c3s2)cc1. The molecule has 0 spiro atoms. The zero-order valence-electron chi connectivity index (χ0n) is 40.0. The van der Waals surface area contributed by atoms with E-state index in [1.165, 1.54) is 38.0 Å². The van der Waals surface area contributed by atoms with Crippen molar-refractivity contribution < 1.29 is 0 Å². The van der Waals surface area contributed by atoms with Crippen molar-refractivity contribution in [3.63, 3.8) is 0 Å². The monoisotopic (exact) mass is 961 g/mol. The van der Waals surface area contributed by atoms with Gasteiger partial charge in [0, 0.05) is 54.7 Å². The molecule has 0 saturated carbocycles. The first-order valence-electron chi connectivity index (χ1n) is 25.1. The number of benzene rings is 11. The van der Waals surface area contributed by atoms with Crippen LogP contribution in [0.1, 0.15) is 0 Å². The van der Waals surface area contributed by atoms with E-state index < -0.39 is 0 Å². The molecule has 0 aliphatic heterocycles. The van der Waals surface area contributed by atoms with Crippen molar-refractivity contribution >= 4 is 104 Å². The van der Waals surface area contributed by atoms with Gasteiger partial charge in [-0.1, -0.05) is 170 Å². The lowest BCUT2D eigenvalue weighted by Gasteiger charge is -2.25. The number of hydrogen-bond donors (Lipinski definition) is 0. The molecule has 0 aliphatic carbocycles. The Hall–Kier alpha value is -9.62. The van der Waals surface area contributed by atoms with Crippen molar-refractivity contribution in [2.24, 2.45) is 0 Å². The van der Waals surface area contributed by atoms with E-state index in [0.717, 1.165) is 93.0 Å². The highest BCUT2D eigenvalue weighted by molar-refractivity contribution is 7.22. The minimum Gasteiger partial charge on any atom is -0.311 e. The Bertz CT molecular complexity index is 4600. The van der Waals surface area contributed by atoms with Gasteiger partial charge < -0.3 is 9.47 Å². The molecule has 15 rings (SSSR count). The molecule has 0 fully saturated rings. The van der Waals surface area contributed by atoms with Gasteiger partial charge in [0.25, 0.3) is 0 Å². The van der Waals surface area contributed by atoms with Crippen molar-refractivity contribution in [1.29, 1.82) is 0 Å². The fraction of sp³-hybridized carbons (Fsp3) is 0. The fourth-order valence-corrected chi connectivity index (χ4v) is 12.4. The molecule has 0 aliphatic rings. The summed E-state index contributed by atoms with van der Waals surface area (Å²) < 4.78 is 5.76. The predicted molar refractivity (Wildman–Crippen MR) is 312 cm³/mol. The van der Waals surface area contributed by atoms with Gasteiger partial charge >= 0.3 is 0 Å². The third-order valence-electron chi connectivity index (χ3n) is 14.7. The quantitative estimate of drug-likeness (QED) is 0.152. The van der Waals surface area contributed by atoms with E-state index in [2.05, 4.69) is 275 Å². The highest BCUT2D eigenvalue weighted by atomic mass is 32.1. The summed E-state index contributed by atoms with van der Waals surface area (Å²) in [7, 11) is 0. The standard InChI is InChI=1S/C68H43N5S/c1-5-18-45(19-6-1)64-43-59-67(74-64)66(46-29-34-54(35-30-46)71(51-22-7-2-8-23-51)52-24-9-3-10-25-52)70-68(69-59)73-60-37-33-49(40-57(60)58-39-47-20-13-14-21-48(47)41-63(58)73)50-31-36-56-62(42-50)72(53-26-11-4-12-27-53)61-38-32-44-17-15-16-28-55(44)65(56)61/h1-43H. The van der Waals surface area contributed by atoms with E-state index in [4.69, 9.17) is 9.97 Å². The first-order valence-corrected chi connectivity index (χ1v) is 25.9. The van der Waals surface area contributed by atoms with Crippen molar-refractivity contribution in [3.05, 3.63) is 261 Å². The minimum absolute atomic E-state index is 0.633. The molecule has 0 N–H and O–H groups in total. The van der Waals surface area contributed by atoms with Crippen LogP contribution in [0.15, 0.2) is 261 Å². The summed E-state index contributed by atoms with van der Waals surface area (Å²) in [5.74, 6) is 0.633. The number of anilines is 3. The summed E-state index contributed by atoms with van der Waals surface area (Å²) in [5.41, 5.74) is 15.2. The Morgan fingerprint density at radius 1 is 0.338 bits per heavy atom. The predicted octanol–water partition coefficient (Wildman–Crippen LogP) is 18.7. The van der Waals surface area contributed by atoms with Crippen LogP contribution in [0.5, 0.6) is 0 Å². The van der Waals surface area contributed by atoms with Gasteiger partial charge in [0.1, 0.15) is 0 Å². The summed E-state index contributed by atoms with van der Waals surface area (Å²) in [4.78, 5) is 14.6. The van der Waals surface area contributed by atoms with E-state index in [0.29, 0.717) is 5.95 Å². The van der Waals surface area contributed by atoms with Crippen molar-refractivity contribution in [2.45, 2.75) is 0 Å². The number of rotatable bonds is 8. The maximum Gasteiger partial charge on any atom is 0.235 e. The molecule has 4 aromatic heterocycles. The van der Waals surface area contributed by atoms with Crippen LogP contribution in [-0.2, 0) is 0 Å². The molecule has 0 amide bonds. The zero-order chi connectivity index (χ0) is 48.7. The third-order valence-corrected chi connectivity index (χ3v) is 15.9. The highest BCUT2D eigenvalue weighted by Crippen LogP contribution is 2.44. The van der Waals surface area contributed by atoms with E-state index in [1.54, 1.807) is 11.3 Å². The Morgan fingerprint density at radius 2 is 0.905 bits per heavy atom. The van der Waals surface area contributed by atoms with Gasteiger partial charge in [0.15, 0.2) is 0 Å². The molecular weight excluding hydrogens is 919 g/mol. The van der Waals surface area contributed by atoms with Crippen molar-refractivity contribution in [1.82, 2.24) is 19.1 Å². The molecular formula is C68H43N5S. The summed E-state index contributed by atoms with van der Waals surface area (Å²) in [5, 5.41) is 9.65.